The van der Waals surface area contributed by atoms with Gasteiger partial charge in [-0.2, -0.15) is 9.97 Å². The molecule has 7 N–H and O–H groups in total. The first kappa shape index (κ1) is 64.4. The van der Waals surface area contributed by atoms with Crippen molar-refractivity contribution >= 4 is 140 Å². The lowest BCUT2D eigenvalue weighted by Crippen LogP contribution is -2.44. The fourth-order valence-electron chi connectivity index (χ4n) is 11.8. The van der Waals surface area contributed by atoms with E-state index in [-0.39, 0.29) is 44.3 Å². The fraction of sp³-hybridized carbons (Fsp3) is 0.400. The number of anilines is 11. The van der Waals surface area contributed by atoms with Gasteiger partial charge in [-0.3, -0.25) is 29.4 Å². The molecule has 4 aromatic heterocycles. The van der Waals surface area contributed by atoms with E-state index in [9.17, 15) is 16.8 Å². The summed E-state index contributed by atoms with van der Waals surface area (Å²) in [4.78, 5) is 43.9. The lowest BCUT2D eigenvalue weighted by Gasteiger charge is -2.38. The van der Waals surface area contributed by atoms with Gasteiger partial charge in [-0.1, -0.05) is 23.2 Å². The number of aryl methyl sites for hydroxylation is 2. The van der Waals surface area contributed by atoms with Gasteiger partial charge in [-0.15, -0.1) is 0 Å². The summed E-state index contributed by atoms with van der Waals surface area (Å²) in [5.41, 5.74) is 15.3. The molecule has 24 nitrogen and oxygen atoms in total. The van der Waals surface area contributed by atoms with Crippen molar-refractivity contribution in [1.82, 2.24) is 49.7 Å². The number of nitrogen functional groups attached to an aromatic ring is 1. The van der Waals surface area contributed by atoms with Crippen LogP contribution >= 0.6 is 34.8 Å². The van der Waals surface area contributed by atoms with E-state index in [1.165, 1.54) is 120 Å². The van der Waals surface area contributed by atoms with E-state index >= 15 is 0 Å². The summed E-state index contributed by atoms with van der Waals surface area (Å²) >= 11 is 18.3. The monoisotopic (exact) mass is 1310 g/mol. The quantitative estimate of drug-likeness (QED) is 0.0387. The van der Waals surface area contributed by atoms with Gasteiger partial charge in [0.05, 0.1) is 84.3 Å². The number of rotatable bonds is 16. The minimum atomic E-state index is -3.63. The molecule has 0 saturated carbocycles. The first-order valence-electron chi connectivity index (χ1n) is 29.3. The minimum Gasteiger partial charge on any atom is -0.495 e. The highest BCUT2D eigenvalue weighted by Gasteiger charge is 2.30. The number of fused-ring (bicyclic) bond motifs is 2. The molecule has 4 aromatic carbocycles. The molecule has 472 valence electrons. The summed E-state index contributed by atoms with van der Waals surface area (Å²) in [6.45, 7) is 13.6. The highest BCUT2D eigenvalue weighted by molar-refractivity contribution is 7.92. The van der Waals surface area contributed by atoms with Gasteiger partial charge in [0.2, 0.25) is 31.3 Å². The van der Waals surface area contributed by atoms with Gasteiger partial charge in [-0.25, -0.2) is 26.8 Å². The third-order valence-corrected chi connectivity index (χ3v) is 17.9. The first-order valence-corrected chi connectivity index (χ1v) is 34.2. The highest BCUT2D eigenvalue weighted by Crippen LogP contribution is 2.40. The molecule has 12 rings (SSSR count). The number of nitrogens with two attached hydrogens (primary N) is 1. The predicted octanol–water partition coefficient (Wildman–Crippen LogP) is 10.8. The molecular formula is C60H73Cl3N18O6S2. The Labute approximate surface area is 533 Å². The molecule has 4 saturated heterocycles. The van der Waals surface area contributed by atoms with Crippen LogP contribution in [0.1, 0.15) is 62.5 Å². The second kappa shape index (κ2) is 28.5. The second-order valence-corrected chi connectivity index (χ2v) is 27.0. The Bertz CT molecular complexity index is 4060. The smallest absolute Gasteiger partial charge is 0.229 e. The normalized spacial score (nSPS) is 16.1. The number of likely N-dealkylation sites (tertiary alicyclic amines) is 2. The van der Waals surface area contributed by atoms with Crippen molar-refractivity contribution in [2.45, 2.75) is 77.3 Å². The molecule has 0 aliphatic carbocycles. The number of benzene rings is 4. The maximum atomic E-state index is 12.2. The summed E-state index contributed by atoms with van der Waals surface area (Å²) in [6.07, 6.45) is 21.2. The Morgan fingerprint density at radius 1 is 0.528 bits per heavy atom. The van der Waals surface area contributed by atoms with Gasteiger partial charge in [0.15, 0.2) is 11.6 Å². The van der Waals surface area contributed by atoms with Crippen molar-refractivity contribution in [2.24, 2.45) is 0 Å². The Morgan fingerprint density at radius 3 is 1.44 bits per heavy atom. The lowest BCUT2D eigenvalue weighted by atomic mass is 10.0. The predicted molar refractivity (Wildman–Crippen MR) is 357 cm³/mol. The van der Waals surface area contributed by atoms with Gasteiger partial charge < -0.3 is 50.8 Å². The van der Waals surface area contributed by atoms with E-state index < -0.39 is 20.0 Å². The Morgan fingerprint density at radius 2 is 0.966 bits per heavy atom. The van der Waals surface area contributed by atoms with Gasteiger partial charge in [0, 0.05) is 86.6 Å². The van der Waals surface area contributed by atoms with E-state index in [1.54, 1.807) is 44.7 Å². The molecule has 0 spiro atoms. The number of hydrogen-bond acceptors (Lipinski definition) is 22. The van der Waals surface area contributed by atoms with E-state index in [1.807, 2.05) is 12.1 Å². The molecular weight excluding hydrogens is 1240 g/mol. The maximum Gasteiger partial charge on any atom is 0.229 e. The van der Waals surface area contributed by atoms with Crippen LogP contribution in [0.25, 0.3) is 22.1 Å². The zero-order valence-electron chi connectivity index (χ0n) is 50.4. The van der Waals surface area contributed by atoms with E-state index in [4.69, 9.17) is 50.0 Å². The average molecular weight is 1310 g/mol. The number of sulfonamides is 2. The molecule has 4 fully saturated rings. The summed E-state index contributed by atoms with van der Waals surface area (Å²) < 4.78 is 63.9. The van der Waals surface area contributed by atoms with Crippen LogP contribution < -0.4 is 50.4 Å². The molecule has 8 aromatic rings. The maximum absolute atomic E-state index is 12.2. The van der Waals surface area contributed by atoms with Gasteiger partial charge >= 0.3 is 0 Å². The molecule has 0 radical (unpaired) electrons. The molecule has 4 aliphatic heterocycles. The largest absolute Gasteiger partial charge is 0.495 e. The summed E-state index contributed by atoms with van der Waals surface area (Å²) in [5, 5.41) is 9.81. The number of aromatic nitrogens is 8. The van der Waals surface area contributed by atoms with Crippen molar-refractivity contribution in [2.75, 3.05) is 120 Å². The average Bonchev–Trinajstić information content (AvgIpc) is 1.78. The first-order chi connectivity index (χ1) is 42.7. The zero-order chi connectivity index (χ0) is 63.0. The molecule has 0 unspecified atom stereocenters. The Hall–Kier alpha value is -7.59. The molecule has 4 aliphatic rings. The highest BCUT2D eigenvalue weighted by atomic mass is 35.5. The van der Waals surface area contributed by atoms with E-state index in [0.29, 0.717) is 45.2 Å². The summed E-state index contributed by atoms with van der Waals surface area (Å²) in [5.74, 6) is 2.26. The third-order valence-electron chi connectivity index (χ3n) is 16.1. The molecule has 0 amide bonds. The number of nitrogens with zero attached hydrogens (tertiary/aromatic N) is 12. The number of ether oxygens (including phenoxy) is 2. The zero-order valence-corrected chi connectivity index (χ0v) is 54.3. The van der Waals surface area contributed by atoms with Crippen molar-refractivity contribution in [3.63, 3.8) is 0 Å². The second-order valence-electron chi connectivity index (χ2n) is 22.3. The number of piperidine rings is 2. The number of nitrogens with one attached hydrogen (secondary N) is 5. The topological polar surface area (TPSA) is 289 Å². The lowest BCUT2D eigenvalue weighted by molar-refractivity contribution is 0.208. The number of hydrogen-bond donors (Lipinski definition) is 6. The third kappa shape index (κ3) is 16.3. The van der Waals surface area contributed by atoms with Crippen molar-refractivity contribution < 1.29 is 26.3 Å². The summed E-state index contributed by atoms with van der Waals surface area (Å²) in [7, 11) is -3.85. The molecule has 8 heterocycles. The SMILES string of the molecule is COc1cc(N2CCC(N3CCCC3)CC2)c(C)cc1N.COc1cc(N2CCC(N3CCCC3)CC2)c(C)cc1Nc1ncc(Cl)c(Nc2ccc3nccnc3c2NS(C)(=O)=O)n1.CS(=O)(=O)Nc1c(Nc2nc(Cl)ncc2Cl)ccc2nccnc12. The number of halogens is 3. The minimum absolute atomic E-state index is 0.0000954. The van der Waals surface area contributed by atoms with Crippen LogP contribution in [0.2, 0.25) is 15.3 Å². The van der Waals surface area contributed by atoms with Gasteiger partial charge in [0.25, 0.3) is 0 Å². The van der Waals surface area contributed by atoms with Crippen LogP contribution in [0.15, 0.2) is 85.7 Å². The van der Waals surface area contributed by atoms with Crippen LogP contribution in [-0.2, 0) is 20.0 Å². The van der Waals surface area contributed by atoms with Crippen molar-refractivity contribution in [3.8, 4) is 11.5 Å². The fourth-order valence-corrected chi connectivity index (χ4v) is 13.4. The Kier molecular flexibility index (Phi) is 20.6. The van der Waals surface area contributed by atoms with Crippen molar-refractivity contribution in [3.05, 3.63) is 112 Å². The van der Waals surface area contributed by atoms with Crippen LogP contribution in [0.4, 0.5) is 63.1 Å². The van der Waals surface area contributed by atoms with Crippen LogP contribution in [0, 0.1) is 13.8 Å². The van der Waals surface area contributed by atoms with Crippen molar-refractivity contribution in [1.29, 1.82) is 0 Å². The molecule has 89 heavy (non-hydrogen) atoms. The molecule has 29 heteroatoms. The molecule has 0 bridgehead atoms. The van der Waals surface area contributed by atoms with Gasteiger partial charge in [0.1, 0.15) is 32.6 Å². The van der Waals surface area contributed by atoms with E-state index in [0.717, 1.165) is 73.1 Å². The number of methoxy groups -OCH3 is 2. The Balaban J connectivity index is 0.000000163. The summed E-state index contributed by atoms with van der Waals surface area (Å²) in [6, 6.07) is 16.5. The van der Waals surface area contributed by atoms with Crippen LogP contribution in [-0.4, -0.2) is 158 Å². The van der Waals surface area contributed by atoms with Crippen LogP contribution in [0.5, 0.6) is 11.5 Å². The molecule has 0 atom stereocenters. The standard InChI is InChI=1S/C30H36ClN9O3S.C17H27N3O.C13H10Cl2N6O2S/c1-19-16-24(26(43-2)17-25(19)40-14-8-20(9-15-40)39-12-4-5-13-39)36-30-34-18-21(31)29(37-30)35-23-7-6-22-27(33-11-10-32-22)28(23)38-44(3,41)42;1-13-11-15(18)17(21-2)12-16(13)20-9-5-14(6-10-20)19-7-3-4-8-19;1-24(22,23)21-11-9(3-2-8-10(11)17-5-4-16-8)19-12-7(14)6-18-13(15)20-12/h6-7,10-11,16-18,20,38H,4-5,8-9,12-15H2,1-3H3,(H2,34,35,36,37);11-12,14H,3-10,18H2,1-2H3;2-6,21H,1H3,(H,18,19,20). The van der Waals surface area contributed by atoms with Crippen LogP contribution in [0.3, 0.4) is 0 Å². The van der Waals surface area contributed by atoms with E-state index in [2.05, 4.69) is 111 Å². The van der Waals surface area contributed by atoms with Gasteiger partial charge in [-0.05, 0) is 151 Å².